The van der Waals surface area contributed by atoms with Gasteiger partial charge in [-0.15, -0.1) is 0 Å². The summed E-state index contributed by atoms with van der Waals surface area (Å²) in [5.41, 5.74) is 11.4. The number of aliphatic hydroxyl groups is 3. The van der Waals surface area contributed by atoms with E-state index in [1.165, 1.54) is 16.4 Å². The number of amides is 5. The number of aromatic nitrogens is 4. The molecule has 0 spiro atoms. The number of hydrogen-bond donors (Lipinski definition) is 9. The monoisotopic (exact) mass is 1840 g/mol. The average molecular weight is 1850 g/mol. The topological polar surface area (TPSA) is 397 Å². The van der Waals surface area contributed by atoms with E-state index < -0.39 is 47.7 Å². The predicted molar refractivity (Wildman–Crippen MR) is 513 cm³/mol. The molecule has 5 fully saturated rings. The zero-order valence-corrected chi connectivity index (χ0v) is 75.3. The van der Waals surface area contributed by atoms with Gasteiger partial charge in [-0.1, -0.05) is 129 Å². The molecule has 4 aliphatic heterocycles. The fourth-order valence-electron chi connectivity index (χ4n) is 17.2. The Bertz CT molecular complexity index is 6690. The standard InChI is InChI=1S/C27H29N3O6S.C26H27N3O4S.C25H23N3O4.C24H22N2O4.6H2/c1-2-4-20(16-31)30-37(33,34)21-10-7-18(8-11-21)22-5-3-6-25(28-22)29-26(32)27(13-14-27)19-9-12-23-24(15-19)36-17-35-23;30-18-21-8-5-17-29(21)34(32,33)22-13-11-19(12-14-22)23-9-4-10-24(27-23)28-25(31)26(15-16-26)20-6-2-1-3-7-20;1-15-10-22(27-13-19(15)16-4-3-5-17(11-16)23(29)26-2)28-24(30)25(8-9-25)18-6-7-20-21(12-18)32-14-31-20;1-15-9-22(25-12-19(15)17-4-2-3-16(10-17)13-27)26-23(28)24(7-8-24)18-5-6-20-21(11-18)30-14-29-20;;;;;;/h3,5-12,15,20,30-31H,2,4,13-14,16-17H2,1H3,(H,28,29,32);1-4,6-7,9-14,21,30H,5,8,15-18H2,(H,27,28,31);3-7,10-13H,8-9,14H2,1-2H3,(H,26,29)(H,27,28,30);2-6,9-12,27H,7-8,13-14H2,1H3,(H,25,26,28);6*1H/t20-;21-;;;;;;;;/m11......../s1. The quantitative estimate of drug-likeness (QED) is 0.0231. The maximum absolute atomic E-state index is 13.2. The molecule has 29 nitrogen and oxygen atoms in total. The zero-order valence-electron chi connectivity index (χ0n) is 73.7. The maximum Gasteiger partial charge on any atom is 0.251 e. The highest BCUT2D eigenvalue weighted by Gasteiger charge is 2.55. The van der Waals surface area contributed by atoms with Crippen molar-refractivity contribution in [3.8, 4) is 79.3 Å². The highest BCUT2D eigenvalue weighted by atomic mass is 32.2. The first-order valence-electron chi connectivity index (χ1n) is 44.3. The Kier molecular flexibility index (Phi) is 26.4. The van der Waals surface area contributed by atoms with Gasteiger partial charge in [-0.25, -0.2) is 41.5 Å². The normalized spacial score (nSPS) is 16.7. The van der Waals surface area contributed by atoms with E-state index in [1.54, 1.807) is 86.2 Å². The molecule has 0 radical (unpaired) electrons. The fourth-order valence-corrected chi connectivity index (χ4v) is 20.2. The first-order chi connectivity index (χ1) is 64.4. The van der Waals surface area contributed by atoms with Crippen LogP contribution in [0.1, 0.15) is 142 Å². The molecule has 2 atom stereocenters. The van der Waals surface area contributed by atoms with Gasteiger partial charge < -0.3 is 70.3 Å². The van der Waals surface area contributed by atoms with Crippen molar-refractivity contribution in [2.45, 2.75) is 148 Å². The van der Waals surface area contributed by atoms with E-state index in [0.29, 0.717) is 99.7 Å². The van der Waals surface area contributed by atoms with Gasteiger partial charge in [0.1, 0.15) is 23.3 Å². The van der Waals surface area contributed by atoms with Crippen LogP contribution in [0.25, 0.3) is 44.8 Å². The molecule has 8 aromatic carbocycles. The molecule has 5 amide bonds. The number of anilines is 4. The van der Waals surface area contributed by atoms with Crippen molar-refractivity contribution in [3.05, 3.63) is 287 Å². The minimum absolute atomic E-state index is 0. The molecular weight excluding hydrogens is 1730 g/mol. The molecule has 696 valence electrons. The maximum atomic E-state index is 13.2. The lowest BCUT2D eigenvalue weighted by atomic mass is 9.94. The highest BCUT2D eigenvalue weighted by molar-refractivity contribution is 7.89. The summed E-state index contributed by atoms with van der Waals surface area (Å²) in [6.45, 7) is 6.47. The molecule has 133 heavy (non-hydrogen) atoms. The number of fused-ring (bicyclic) bond motifs is 3. The van der Waals surface area contributed by atoms with Crippen molar-refractivity contribution < 1.29 is 93.1 Å². The van der Waals surface area contributed by atoms with Crippen LogP contribution in [-0.4, -0.2) is 145 Å². The van der Waals surface area contributed by atoms with Gasteiger partial charge >= 0.3 is 0 Å². The number of ether oxygens (including phenoxy) is 6. The van der Waals surface area contributed by atoms with Crippen molar-refractivity contribution in [3.63, 3.8) is 0 Å². The van der Waals surface area contributed by atoms with Crippen LogP contribution in [-0.2, 0) is 67.5 Å². The van der Waals surface area contributed by atoms with Crippen LogP contribution in [0.15, 0.2) is 253 Å². The van der Waals surface area contributed by atoms with E-state index in [0.717, 1.165) is 131 Å². The Morgan fingerprint density at radius 3 is 1.32 bits per heavy atom. The Hall–Kier alpha value is -13.8. The first-order valence-corrected chi connectivity index (χ1v) is 47.2. The lowest BCUT2D eigenvalue weighted by molar-refractivity contribution is -0.119. The molecule has 8 aliphatic rings. The second kappa shape index (κ2) is 38.6. The summed E-state index contributed by atoms with van der Waals surface area (Å²) in [5.74, 6) is 5.58. The van der Waals surface area contributed by atoms with Crippen LogP contribution >= 0.6 is 0 Å². The molecule has 9 N–H and O–H groups in total. The highest BCUT2D eigenvalue weighted by Crippen LogP contribution is 2.55. The Balaban J connectivity index is 0.000000175. The molecule has 1 saturated heterocycles. The molecule has 0 bridgehead atoms. The van der Waals surface area contributed by atoms with Gasteiger partial charge in [-0.3, -0.25) is 24.0 Å². The average Bonchev–Trinajstić information content (AvgIpc) is 1.67. The minimum atomic E-state index is -3.76. The second-order valence-corrected chi connectivity index (χ2v) is 37.9. The number of hydrogen-bond acceptors (Lipinski definition) is 22. The minimum Gasteiger partial charge on any atom is -0.454 e. The van der Waals surface area contributed by atoms with E-state index in [4.69, 9.17) is 28.4 Å². The molecule has 4 aromatic heterocycles. The number of nitrogens with zero attached hydrogens (tertiary/aromatic N) is 5. The van der Waals surface area contributed by atoms with E-state index in [-0.39, 0.29) is 94.1 Å². The van der Waals surface area contributed by atoms with Gasteiger partial charge in [0.05, 0.1) is 62.7 Å². The third-order valence-electron chi connectivity index (χ3n) is 25.5. The van der Waals surface area contributed by atoms with Gasteiger partial charge in [0, 0.05) is 74.4 Å². The van der Waals surface area contributed by atoms with E-state index in [1.807, 2.05) is 172 Å². The first kappa shape index (κ1) is 91.1. The van der Waals surface area contributed by atoms with E-state index in [2.05, 4.69) is 51.2 Å². The van der Waals surface area contributed by atoms with E-state index >= 15 is 0 Å². The Morgan fingerprint density at radius 2 is 0.887 bits per heavy atom. The molecule has 8 heterocycles. The van der Waals surface area contributed by atoms with Gasteiger partial charge in [-0.2, -0.15) is 4.31 Å². The van der Waals surface area contributed by atoms with Crippen molar-refractivity contribution in [2.75, 3.05) is 68.5 Å². The SMILES string of the molecule is CCC[C@H](CO)NS(=O)(=O)c1ccc(-c2cccc(NC(=O)C3(c4ccc5c(c4)OCO5)CC3)n2)cc1.CNC(=O)c1cccc(-c2cnc(NC(=O)C3(c4ccc5c(c4)OCO5)CC3)cc2C)c1.Cc1cc(NC(=O)C2(c3ccc4c(c3)OCO4)CC2)ncc1-c1cccc(CO)c1.O=C(Nc1cccc(-c2ccc(S(=O)(=O)N3CCC[C@@H]3CO)cc2)n1)C1(c2ccccc2)CC1.[HH].[HH].[HH].[HH].[HH].[HH]. The van der Waals surface area contributed by atoms with E-state index in [9.17, 15) is 56.1 Å². The third kappa shape index (κ3) is 19.6. The van der Waals surface area contributed by atoms with Gasteiger partial charge in [0.25, 0.3) is 5.91 Å². The number of aliphatic hydroxyl groups excluding tert-OH is 3. The van der Waals surface area contributed by atoms with Crippen LogP contribution in [0, 0.1) is 13.8 Å². The lowest BCUT2D eigenvalue weighted by Crippen LogP contribution is -2.37. The zero-order chi connectivity index (χ0) is 92.8. The predicted octanol–water partition coefficient (Wildman–Crippen LogP) is 16.4. The molecule has 4 saturated carbocycles. The van der Waals surface area contributed by atoms with Crippen molar-refractivity contribution in [1.29, 1.82) is 0 Å². The summed E-state index contributed by atoms with van der Waals surface area (Å²) >= 11 is 0. The number of sulfonamides is 2. The lowest BCUT2D eigenvalue weighted by Gasteiger charge is -2.22. The van der Waals surface area contributed by atoms with Crippen molar-refractivity contribution in [1.82, 2.24) is 34.3 Å². The summed E-state index contributed by atoms with van der Waals surface area (Å²) in [7, 11) is -5.82. The molecule has 31 heteroatoms. The molecule has 12 aromatic rings. The van der Waals surface area contributed by atoms with Crippen molar-refractivity contribution >= 4 is 72.9 Å². The van der Waals surface area contributed by atoms with Gasteiger partial charge in [-0.05, 0) is 250 Å². The summed E-state index contributed by atoms with van der Waals surface area (Å²) in [4.78, 5) is 82.9. The van der Waals surface area contributed by atoms with Gasteiger partial charge in [0.15, 0.2) is 34.5 Å². The fraction of sp³-hybridized carbons (Fsp3) is 0.284. The van der Waals surface area contributed by atoms with Crippen LogP contribution in [0.2, 0.25) is 0 Å². The number of nitrogens with one attached hydrogen (secondary N) is 6. The Morgan fingerprint density at radius 1 is 0.459 bits per heavy atom. The van der Waals surface area contributed by atoms with Gasteiger partial charge in [0.2, 0.25) is 64.1 Å². The molecule has 4 aliphatic carbocycles. The van der Waals surface area contributed by atoms with Crippen molar-refractivity contribution in [2.24, 2.45) is 0 Å². The summed E-state index contributed by atoms with van der Waals surface area (Å²) in [6, 6.07) is 68.4. The molecule has 20 rings (SSSR count). The number of carbonyl (C=O) groups is 5. The smallest absolute Gasteiger partial charge is 0.251 e. The number of rotatable bonds is 27. The van der Waals surface area contributed by atoms with Crippen LogP contribution in [0.5, 0.6) is 34.5 Å². The molecule has 0 unspecified atom stereocenters. The van der Waals surface area contributed by atoms with Crippen LogP contribution in [0.3, 0.4) is 0 Å². The summed E-state index contributed by atoms with van der Waals surface area (Å²) in [5, 5.41) is 42.8. The summed E-state index contributed by atoms with van der Waals surface area (Å²) in [6.07, 6.45) is 12.5. The number of benzene rings is 8. The summed E-state index contributed by atoms with van der Waals surface area (Å²) < 4.78 is 87.8. The number of aryl methyl sites for hydroxylation is 2. The Labute approximate surface area is 779 Å². The van der Waals surface area contributed by atoms with Crippen LogP contribution in [0.4, 0.5) is 23.3 Å². The second-order valence-electron chi connectivity index (χ2n) is 34.3. The largest absolute Gasteiger partial charge is 0.454 e. The van der Waals surface area contributed by atoms with Crippen LogP contribution < -0.4 is 59.7 Å². The molecular formula is C102H113N11O18S2. The number of carbonyl (C=O) groups excluding carboxylic acids is 5. The number of pyridine rings is 4. The third-order valence-corrected chi connectivity index (χ3v) is 29.0.